The number of halogens is 2. The lowest BCUT2D eigenvalue weighted by Crippen LogP contribution is -2.57. The molecule has 2 atom stereocenters. The van der Waals surface area contributed by atoms with Crippen molar-refractivity contribution in [3.05, 3.63) is 101 Å². The third-order valence-electron chi connectivity index (χ3n) is 7.79. The normalized spacial score (nSPS) is 26.9. The fourth-order valence-electron chi connectivity index (χ4n) is 6.20. The van der Waals surface area contributed by atoms with Crippen LogP contribution in [0.2, 0.25) is 0 Å². The standard InChI is InChI=1S/C29H22Cl2N2O4/c1-16(34)17-7-6-8-18(15-17)32-23(35)13-14-33-26(36)24-25(27(33)37)29(31)20-10-3-2-9-19(20)28(24,30)21-11-4-5-12-22(21)29/h2-12,15,24-25H,13-14H2,1H3,(H,32,35)/t24-,25-,28?,29?/m0/s1. The van der Waals surface area contributed by atoms with Gasteiger partial charge in [-0.1, -0.05) is 60.7 Å². The van der Waals surface area contributed by atoms with Crippen molar-refractivity contribution in [3.63, 3.8) is 0 Å². The Kier molecular flexibility index (Phi) is 5.34. The summed E-state index contributed by atoms with van der Waals surface area (Å²) in [6.45, 7) is 1.34. The predicted molar refractivity (Wildman–Crippen MR) is 140 cm³/mol. The van der Waals surface area contributed by atoms with E-state index in [9.17, 15) is 19.2 Å². The number of carbonyl (C=O) groups is 4. The maximum absolute atomic E-state index is 13.8. The number of amides is 3. The maximum atomic E-state index is 13.8. The topological polar surface area (TPSA) is 83.6 Å². The number of nitrogens with zero attached hydrogens (tertiary/aromatic N) is 1. The lowest BCUT2D eigenvalue weighted by Gasteiger charge is -2.54. The molecule has 1 saturated heterocycles. The average molecular weight is 533 g/mol. The summed E-state index contributed by atoms with van der Waals surface area (Å²) < 4.78 is 0. The fourth-order valence-corrected chi connectivity index (χ4v) is 7.30. The van der Waals surface area contributed by atoms with Crippen LogP contribution in [0.1, 0.15) is 46.0 Å². The van der Waals surface area contributed by atoms with Gasteiger partial charge in [0.25, 0.3) is 0 Å². The number of anilines is 1. The van der Waals surface area contributed by atoms with E-state index in [1.165, 1.54) is 6.92 Å². The monoisotopic (exact) mass is 532 g/mol. The second-order valence-corrected chi connectivity index (χ2v) is 10.9. The van der Waals surface area contributed by atoms with Crippen molar-refractivity contribution >= 4 is 52.4 Å². The van der Waals surface area contributed by atoms with Gasteiger partial charge in [-0.25, -0.2) is 0 Å². The smallest absolute Gasteiger partial charge is 0.235 e. The van der Waals surface area contributed by atoms with Gasteiger partial charge in [-0.05, 0) is 41.3 Å². The number of hydrogen-bond donors (Lipinski definition) is 1. The summed E-state index contributed by atoms with van der Waals surface area (Å²) in [4.78, 5) is 50.6. The van der Waals surface area contributed by atoms with Crippen LogP contribution in [0.4, 0.5) is 5.69 Å². The van der Waals surface area contributed by atoms with Crippen LogP contribution in [0.3, 0.4) is 0 Å². The number of likely N-dealkylation sites (tertiary alicyclic amines) is 1. The zero-order chi connectivity index (χ0) is 26.1. The van der Waals surface area contributed by atoms with Crippen molar-refractivity contribution in [1.82, 2.24) is 4.90 Å². The summed E-state index contributed by atoms with van der Waals surface area (Å²) in [7, 11) is 0. The Labute approximate surface area is 223 Å². The number of hydrogen-bond acceptors (Lipinski definition) is 4. The SMILES string of the molecule is CC(=O)c1cccc(NC(=O)CCN2C(=O)[C@@H]3[C@@H](C2=O)C2(Cl)c4ccccc4C3(Cl)c3ccccc32)c1. The van der Waals surface area contributed by atoms with Gasteiger partial charge in [0, 0.05) is 24.2 Å². The first-order valence-electron chi connectivity index (χ1n) is 12.0. The molecule has 3 amide bonds. The van der Waals surface area contributed by atoms with Crippen LogP contribution in [-0.4, -0.2) is 34.9 Å². The molecule has 0 radical (unpaired) electrons. The van der Waals surface area contributed by atoms with E-state index in [2.05, 4.69) is 5.32 Å². The summed E-state index contributed by atoms with van der Waals surface area (Å²) in [6, 6.07) is 21.5. The number of alkyl halides is 2. The van der Waals surface area contributed by atoms with E-state index in [4.69, 9.17) is 23.2 Å². The van der Waals surface area contributed by atoms with Crippen LogP contribution in [0, 0.1) is 11.8 Å². The molecule has 7 rings (SSSR count). The van der Waals surface area contributed by atoms with Gasteiger partial charge in [0.2, 0.25) is 17.7 Å². The van der Waals surface area contributed by atoms with Crippen LogP contribution in [0.15, 0.2) is 72.8 Å². The minimum atomic E-state index is -1.24. The molecule has 0 aromatic heterocycles. The van der Waals surface area contributed by atoms with Gasteiger partial charge in [-0.3, -0.25) is 24.1 Å². The number of imide groups is 1. The van der Waals surface area contributed by atoms with Gasteiger partial charge in [0.05, 0.1) is 11.8 Å². The summed E-state index contributed by atoms with van der Waals surface area (Å²) in [5.41, 5.74) is 3.88. The van der Waals surface area contributed by atoms with Crippen molar-refractivity contribution in [2.24, 2.45) is 11.8 Å². The zero-order valence-electron chi connectivity index (χ0n) is 19.8. The lowest BCUT2D eigenvalue weighted by atomic mass is 9.54. The van der Waals surface area contributed by atoms with Crippen molar-refractivity contribution in [2.45, 2.75) is 23.1 Å². The van der Waals surface area contributed by atoms with Crippen molar-refractivity contribution in [1.29, 1.82) is 0 Å². The highest BCUT2D eigenvalue weighted by Gasteiger charge is 2.72. The van der Waals surface area contributed by atoms with Gasteiger partial charge in [0.1, 0.15) is 9.75 Å². The third kappa shape index (κ3) is 3.19. The van der Waals surface area contributed by atoms with Crippen molar-refractivity contribution < 1.29 is 19.2 Å². The molecule has 37 heavy (non-hydrogen) atoms. The zero-order valence-corrected chi connectivity index (χ0v) is 21.3. The second kappa shape index (κ2) is 8.27. The molecular weight excluding hydrogens is 511 g/mol. The molecule has 3 aromatic carbocycles. The Morgan fingerprint density at radius 1 is 0.811 bits per heavy atom. The summed E-state index contributed by atoms with van der Waals surface area (Å²) in [6.07, 6.45) is -0.105. The molecule has 8 heteroatoms. The van der Waals surface area contributed by atoms with Crippen molar-refractivity contribution in [2.75, 3.05) is 11.9 Å². The highest BCUT2D eigenvalue weighted by atomic mass is 35.5. The quantitative estimate of drug-likeness (QED) is 0.290. The minimum Gasteiger partial charge on any atom is -0.326 e. The Bertz CT molecular complexity index is 1400. The van der Waals surface area contributed by atoms with E-state index < -0.39 is 33.4 Å². The number of Topliss-reactive ketones (excluding diaryl/α,β-unsaturated/α-hetero) is 1. The number of ketones is 1. The van der Waals surface area contributed by atoms with Crippen LogP contribution in [0.25, 0.3) is 0 Å². The molecule has 1 N–H and O–H groups in total. The summed E-state index contributed by atoms with van der Waals surface area (Å²) >= 11 is 14.8. The molecule has 0 spiro atoms. The molecule has 4 aliphatic rings. The van der Waals surface area contributed by atoms with E-state index >= 15 is 0 Å². The van der Waals surface area contributed by atoms with Crippen LogP contribution >= 0.6 is 23.2 Å². The first kappa shape index (κ1) is 23.9. The van der Waals surface area contributed by atoms with Crippen molar-refractivity contribution in [3.8, 4) is 0 Å². The van der Waals surface area contributed by atoms with E-state index in [0.717, 1.165) is 27.2 Å². The van der Waals surface area contributed by atoms with Gasteiger partial charge >= 0.3 is 0 Å². The molecular formula is C29H22Cl2N2O4. The molecule has 1 aliphatic heterocycles. The number of carbonyl (C=O) groups excluding carboxylic acids is 4. The molecule has 3 aromatic rings. The van der Waals surface area contributed by atoms with Gasteiger partial charge in [0.15, 0.2) is 5.78 Å². The molecule has 0 saturated carbocycles. The highest BCUT2D eigenvalue weighted by molar-refractivity contribution is 6.36. The number of rotatable bonds is 5. The fraction of sp³-hybridized carbons (Fsp3) is 0.241. The Balaban J connectivity index is 1.31. The number of benzene rings is 3. The van der Waals surface area contributed by atoms with Gasteiger partial charge < -0.3 is 5.32 Å². The van der Waals surface area contributed by atoms with Gasteiger partial charge in [-0.2, -0.15) is 0 Å². The van der Waals surface area contributed by atoms with Crippen LogP contribution < -0.4 is 5.32 Å². The molecule has 186 valence electrons. The third-order valence-corrected chi connectivity index (χ3v) is 9.08. The maximum Gasteiger partial charge on any atom is 0.235 e. The highest BCUT2D eigenvalue weighted by Crippen LogP contribution is 2.69. The summed E-state index contributed by atoms with van der Waals surface area (Å²) in [5.74, 6) is -3.13. The number of nitrogens with one attached hydrogen (secondary N) is 1. The largest absolute Gasteiger partial charge is 0.326 e. The van der Waals surface area contributed by atoms with E-state index in [0.29, 0.717) is 11.3 Å². The van der Waals surface area contributed by atoms with Crippen LogP contribution in [-0.2, 0) is 24.1 Å². The molecule has 6 nitrogen and oxygen atoms in total. The molecule has 1 heterocycles. The lowest BCUT2D eigenvalue weighted by molar-refractivity contribution is -0.140. The van der Waals surface area contributed by atoms with E-state index in [-0.39, 0.29) is 24.7 Å². The minimum absolute atomic E-state index is 0.102. The molecule has 2 bridgehead atoms. The predicted octanol–water partition coefficient (Wildman–Crippen LogP) is 4.81. The van der Waals surface area contributed by atoms with E-state index in [1.54, 1.807) is 24.3 Å². The van der Waals surface area contributed by atoms with E-state index in [1.807, 2.05) is 48.5 Å². The first-order valence-corrected chi connectivity index (χ1v) is 12.8. The Morgan fingerprint density at radius 2 is 1.30 bits per heavy atom. The second-order valence-electron chi connectivity index (χ2n) is 9.73. The summed E-state index contributed by atoms with van der Waals surface area (Å²) in [5, 5.41) is 2.73. The Hall–Kier alpha value is -3.48. The molecule has 3 aliphatic carbocycles. The average Bonchev–Trinajstić information content (AvgIpc) is 3.16. The van der Waals surface area contributed by atoms with Gasteiger partial charge in [-0.15, -0.1) is 23.2 Å². The molecule has 0 unspecified atom stereocenters. The first-order chi connectivity index (χ1) is 17.7. The Morgan fingerprint density at radius 3 is 1.76 bits per heavy atom. The van der Waals surface area contributed by atoms with Crippen LogP contribution in [0.5, 0.6) is 0 Å². The molecule has 1 fully saturated rings.